The van der Waals surface area contributed by atoms with Crippen molar-refractivity contribution in [3.63, 3.8) is 0 Å². The van der Waals surface area contributed by atoms with Gasteiger partial charge in [-0.05, 0) is 18.6 Å². The van der Waals surface area contributed by atoms with Crippen molar-refractivity contribution in [2.45, 2.75) is 30.0 Å². The van der Waals surface area contributed by atoms with Gasteiger partial charge >= 0.3 is 6.18 Å². The van der Waals surface area contributed by atoms with Crippen LogP contribution in [0.4, 0.5) is 13.2 Å². The minimum atomic E-state index is -4.41. The maximum Gasteiger partial charge on any atom is 0.416 e. The molecule has 1 heterocycles. The molecule has 6 heteroatoms. The van der Waals surface area contributed by atoms with Gasteiger partial charge < -0.3 is 0 Å². The van der Waals surface area contributed by atoms with Crippen LogP contribution < -0.4 is 0 Å². The lowest BCUT2D eigenvalue weighted by molar-refractivity contribution is -0.137. The molecule has 110 valence electrons. The molecule has 1 fully saturated rings. The second-order valence-electron chi connectivity index (χ2n) is 4.55. The Bertz CT molecular complexity index is 488. The fourth-order valence-electron chi connectivity index (χ4n) is 2.16. The molecule has 20 heavy (non-hydrogen) atoms. The molecule has 0 radical (unpaired) electrons. The molecular weight excluding hydrogens is 305 g/mol. The third-order valence-corrected chi connectivity index (χ3v) is 6.43. The average Bonchev–Trinajstić information content (AvgIpc) is 2.45. The van der Waals surface area contributed by atoms with Crippen LogP contribution in [0.2, 0.25) is 0 Å². The number of thioether (sulfide) groups is 2. The molecule has 0 N–H and O–H groups in total. The van der Waals surface area contributed by atoms with E-state index in [9.17, 15) is 18.0 Å². The first-order chi connectivity index (χ1) is 9.43. The van der Waals surface area contributed by atoms with E-state index in [0.717, 1.165) is 30.1 Å². The average molecular weight is 320 g/mol. The Morgan fingerprint density at radius 2 is 2.00 bits per heavy atom. The fraction of sp³-hybridized carbons (Fsp3) is 0.500. The maximum atomic E-state index is 12.7. The second kappa shape index (κ2) is 6.43. The molecule has 0 amide bonds. The van der Waals surface area contributed by atoms with Gasteiger partial charge in [-0.1, -0.05) is 19.1 Å². The summed E-state index contributed by atoms with van der Waals surface area (Å²) in [5, 5.41) is -0.0435. The van der Waals surface area contributed by atoms with E-state index in [1.54, 1.807) is 23.5 Å². The number of carbonyl (C=O) groups is 1. The molecule has 2 unspecified atom stereocenters. The zero-order chi connectivity index (χ0) is 14.8. The SMILES string of the molecule is CCC1SCCSC1C(=O)c1cccc(C(F)(F)F)c1. The lowest BCUT2D eigenvalue weighted by Gasteiger charge is -2.28. The van der Waals surface area contributed by atoms with Crippen LogP contribution in [-0.2, 0) is 6.18 Å². The van der Waals surface area contributed by atoms with Gasteiger partial charge in [0, 0.05) is 22.3 Å². The number of halogens is 3. The molecule has 1 aliphatic rings. The zero-order valence-electron chi connectivity index (χ0n) is 10.9. The summed E-state index contributed by atoms with van der Waals surface area (Å²) in [4.78, 5) is 12.4. The third kappa shape index (κ3) is 3.52. The van der Waals surface area contributed by atoms with Crippen LogP contribution in [0.1, 0.15) is 29.3 Å². The fourth-order valence-corrected chi connectivity index (χ4v) is 5.19. The molecule has 1 saturated heterocycles. The molecule has 1 nitrogen and oxygen atoms in total. The van der Waals surface area contributed by atoms with E-state index in [0.29, 0.717) is 0 Å². The van der Waals surface area contributed by atoms with E-state index in [-0.39, 0.29) is 21.8 Å². The number of Topliss-reactive ketones (excluding diaryl/α,β-unsaturated/α-hetero) is 1. The van der Waals surface area contributed by atoms with Gasteiger partial charge in [0.15, 0.2) is 5.78 Å². The van der Waals surface area contributed by atoms with Gasteiger partial charge in [0.2, 0.25) is 0 Å². The van der Waals surface area contributed by atoms with E-state index in [2.05, 4.69) is 0 Å². The summed E-state index contributed by atoms with van der Waals surface area (Å²) in [5.41, 5.74) is -0.594. The van der Waals surface area contributed by atoms with Gasteiger partial charge in [0.1, 0.15) is 0 Å². The van der Waals surface area contributed by atoms with Crippen molar-refractivity contribution >= 4 is 29.3 Å². The third-order valence-electron chi connectivity index (χ3n) is 3.19. The summed E-state index contributed by atoms with van der Waals surface area (Å²) in [5.74, 6) is 1.69. The Hall–Kier alpha value is -0.620. The largest absolute Gasteiger partial charge is 0.416 e. The van der Waals surface area contributed by atoms with Crippen LogP contribution in [0.5, 0.6) is 0 Å². The number of alkyl halides is 3. The first kappa shape index (κ1) is 15.8. The van der Waals surface area contributed by atoms with Crippen LogP contribution in [0.25, 0.3) is 0 Å². The minimum absolute atomic E-state index is 0.165. The topological polar surface area (TPSA) is 17.1 Å². The summed E-state index contributed by atoms with van der Waals surface area (Å²) in [6.45, 7) is 2.01. The smallest absolute Gasteiger partial charge is 0.293 e. The highest BCUT2D eigenvalue weighted by Gasteiger charge is 2.34. The predicted octanol–water partition coefficient (Wildman–Crippen LogP) is 4.52. The van der Waals surface area contributed by atoms with Gasteiger partial charge in [-0.3, -0.25) is 4.79 Å². The van der Waals surface area contributed by atoms with Crippen molar-refractivity contribution < 1.29 is 18.0 Å². The van der Waals surface area contributed by atoms with Crippen LogP contribution in [0.15, 0.2) is 24.3 Å². The zero-order valence-corrected chi connectivity index (χ0v) is 12.6. The second-order valence-corrected chi connectivity index (χ2v) is 7.15. The normalized spacial score (nSPS) is 23.6. The number of rotatable bonds is 3. The Morgan fingerprint density at radius 3 is 2.65 bits per heavy atom. The summed E-state index contributed by atoms with van der Waals surface area (Å²) >= 11 is 3.30. The van der Waals surface area contributed by atoms with Gasteiger partial charge in [-0.25, -0.2) is 0 Å². The minimum Gasteiger partial charge on any atom is -0.293 e. The van der Waals surface area contributed by atoms with E-state index < -0.39 is 11.7 Å². The highest BCUT2D eigenvalue weighted by molar-refractivity contribution is 8.07. The summed E-state index contributed by atoms with van der Waals surface area (Å²) in [7, 11) is 0. The highest BCUT2D eigenvalue weighted by Crippen LogP contribution is 2.36. The monoisotopic (exact) mass is 320 g/mol. The summed E-state index contributed by atoms with van der Waals surface area (Å²) in [6.07, 6.45) is -3.55. The Balaban J connectivity index is 2.24. The summed E-state index contributed by atoms with van der Waals surface area (Å²) < 4.78 is 38.1. The van der Waals surface area contributed by atoms with Crippen molar-refractivity contribution in [1.82, 2.24) is 0 Å². The summed E-state index contributed by atoms with van der Waals surface area (Å²) in [6, 6.07) is 4.74. The molecular formula is C14H15F3OS2. The van der Waals surface area contributed by atoms with E-state index >= 15 is 0 Å². The van der Waals surface area contributed by atoms with Crippen molar-refractivity contribution in [3.05, 3.63) is 35.4 Å². The predicted molar refractivity (Wildman–Crippen MR) is 78.6 cm³/mol. The maximum absolute atomic E-state index is 12.7. The standard InChI is InChI=1S/C14H15F3OS2/c1-2-11-13(20-7-6-19-11)12(18)9-4-3-5-10(8-9)14(15,16)17/h3-5,8,11,13H,2,6-7H2,1H3. The van der Waals surface area contributed by atoms with Crippen molar-refractivity contribution in [1.29, 1.82) is 0 Å². The van der Waals surface area contributed by atoms with Crippen LogP contribution in [-0.4, -0.2) is 27.8 Å². The van der Waals surface area contributed by atoms with E-state index in [1.165, 1.54) is 12.1 Å². The number of hydrogen-bond acceptors (Lipinski definition) is 3. The van der Waals surface area contributed by atoms with E-state index in [4.69, 9.17) is 0 Å². The molecule has 1 aromatic rings. The van der Waals surface area contributed by atoms with Gasteiger partial charge in [0.05, 0.1) is 10.8 Å². The molecule has 2 rings (SSSR count). The van der Waals surface area contributed by atoms with Crippen molar-refractivity contribution in [3.8, 4) is 0 Å². The van der Waals surface area contributed by atoms with Crippen LogP contribution >= 0.6 is 23.5 Å². The Morgan fingerprint density at radius 1 is 1.30 bits per heavy atom. The van der Waals surface area contributed by atoms with Crippen molar-refractivity contribution in [2.75, 3.05) is 11.5 Å². The molecule has 0 saturated carbocycles. The number of ketones is 1. The highest BCUT2D eigenvalue weighted by atomic mass is 32.2. The first-order valence-corrected chi connectivity index (χ1v) is 8.48. The molecule has 2 atom stereocenters. The first-order valence-electron chi connectivity index (χ1n) is 6.38. The van der Waals surface area contributed by atoms with Gasteiger partial charge in [-0.15, -0.1) is 11.8 Å². The molecule has 1 aliphatic heterocycles. The molecule has 0 aliphatic carbocycles. The lowest BCUT2D eigenvalue weighted by Crippen LogP contribution is -2.32. The van der Waals surface area contributed by atoms with Gasteiger partial charge in [-0.2, -0.15) is 24.9 Å². The number of carbonyl (C=O) groups excluding carboxylic acids is 1. The van der Waals surface area contributed by atoms with Gasteiger partial charge in [0.25, 0.3) is 0 Å². The Kier molecular flexibility index (Phi) is 5.07. The van der Waals surface area contributed by atoms with Crippen LogP contribution in [0, 0.1) is 0 Å². The molecule has 1 aromatic carbocycles. The molecule has 0 spiro atoms. The molecule has 0 aromatic heterocycles. The number of benzene rings is 1. The van der Waals surface area contributed by atoms with Crippen LogP contribution in [0.3, 0.4) is 0 Å². The van der Waals surface area contributed by atoms with E-state index in [1.807, 2.05) is 6.92 Å². The molecule has 0 bridgehead atoms. The lowest BCUT2D eigenvalue weighted by atomic mass is 10.0. The quantitative estimate of drug-likeness (QED) is 0.763. The van der Waals surface area contributed by atoms with Crippen molar-refractivity contribution in [2.24, 2.45) is 0 Å². The Labute approximate surface area is 124 Å². The number of hydrogen-bond donors (Lipinski definition) is 0.